The van der Waals surface area contributed by atoms with Gasteiger partial charge in [0.1, 0.15) is 13.2 Å². The molecule has 0 bridgehead atoms. The highest BCUT2D eigenvalue weighted by Gasteiger charge is 2.19. The Morgan fingerprint density at radius 1 is 0.290 bits per heavy atom. The standard InChI is InChI=1S/C63H104O6/c1-4-7-10-13-16-19-22-25-27-29-31-33-35-38-41-44-47-50-53-56-62(65)68-59-60(58-67-61(64)55-52-49-46-43-40-37-24-21-18-15-12-9-6-3)69-63(66)57-54-51-48-45-42-39-36-34-32-30-28-26-23-20-17-14-11-8-5-2/h16-17,19-21,24-28,31-34,38-39,41-42,60H,4-15,18,22-23,29-30,35-37,40,43-59H2,1-3H3/b19-16-,20-17-,24-21-,27-25-,28-26-,33-31-,34-32-,41-38-,42-39-/t60-/m1/s1. The van der Waals surface area contributed by atoms with E-state index in [0.717, 1.165) is 122 Å². The van der Waals surface area contributed by atoms with Crippen molar-refractivity contribution in [2.24, 2.45) is 0 Å². The van der Waals surface area contributed by atoms with Crippen molar-refractivity contribution >= 4 is 17.9 Å². The second kappa shape index (κ2) is 56.7. The third-order valence-electron chi connectivity index (χ3n) is 11.7. The van der Waals surface area contributed by atoms with Crippen LogP contribution in [0.25, 0.3) is 0 Å². The largest absolute Gasteiger partial charge is 0.462 e. The van der Waals surface area contributed by atoms with Gasteiger partial charge in [-0.2, -0.15) is 0 Å². The number of rotatable bonds is 50. The molecule has 0 aromatic heterocycles. The van der Waals surface area contributed by atoms with Crippen molar-refractivity contribution in [2.45, 2.75) is 258 Å². The van der Waals surface area contributed by atoms with Crippen LogP contribution in [0.4, 0.5) is 0 Å². The van der Waals surface area contributed by atoms with Gasteiger partial charge in [-0.15, -0.1) is 0 Å². The summed E-state index contributed by atoms with van der Waals surface area (Å²) in [6.45, 7) is 6.50. The lowest BCUT2D eigenvalue weighted by Crippen LogP contribution is -2.30. The Kier molecular flexibility index (Phi) is 53.4. The molecule has 0 aliphatic heterocycles. The Balaban J connectivity index is 4.52. The quantitative estimate of drug-likeness (QED) is 0.0262. The molecule has 0 aliphatic carbocycles. The Hall–Kier alpha value is -3.93. The van der Waals surface area contributed by atoms with Gasteiger partial charge in [0.15, 0.2) is 6.10 Å². The van der Waals surface area contributed by atoms with E-state index in [1.54, 1.807) is 0 Å². The maximum absolute atomic E-state index is 12.8. The fourth-order valence-corrected chi connectivity index (χ4v) is 7.40. The molecule has 6 heteroatoms. The zero-order valence-electron chi connectivity index (χ0n) is 44.8. The molecular formula is C63H104O6. The van der Waals surface area contributed by atoms with Crippen LogP contribution in [-0.4, -0.2) is 37.2 Å². The normalized spacial score (nSPS) is 12.9. The molecule has 0 radical (unpaired) electrons. The zero-order chi connectivity index (χ0) is 50.0. The van der Waals surface area contributed by atoms with E-state index in [2.05, 4.69) is 130 Å². The predicted molar refractivity (Wildman–Crippen MR) is 297 cm³/mol. The first kappa shape index (κ1) is 65.1. The molecule has 0 unspecified atom stereocenters. The highest BCUT2D eigenvalue weighted by atomic mass is 16.6. The van der Waals surface area contributed by atoms with Crippen molar-refractivity contribution < 1.29 is 28.6 Å². The van der Waals surface area contributed by atoms with Gasteiger partial charge in [-0.3, -0.25) is 14.4 Å². The summed E-state index contributed by atoms with van der Waals surface area (Å²) in [5.41, 5.74) is 0. The first-order valence-corrected chi connectivity index (χ1v) is 28.4. The minimum atomic E-state index is -0.814. The van der Waals surface area contributed by atoms with Crippen molar-refractivity contribution in [1.29, 1.82) is 0 Å². The van der Waals surface area contributed by atoms with E-state index in [1.807, 2.05) is 0 Å². The monoisotopic (exact) mass is 957 g/mol. The molecule has 0 amide bonds. The fraction of sp³-hybridized carbons (Fsp3) is 0.667. The molecule has 1 atom stereocenters. The Bertz CT molecular complexity index is 1420. The fourth-order valence-electron chi connectivity index (χ4n) is 7.40. The van der Waals surface area contributed by atoms with Crippen LogP contribution in [0.5, 0.6) is 0 Å². The second-order valence-corrected chi connectivity index (χ2v) is 18.5. The van der Waals surface area contributed by atoms with E-state index >= 15 is 0 Å². The van der Waals surface area contributed by atoms with Crippen LogP contribution in [0.3, 0.4) is 0 Å². The van der Waals surface area contributed by atoms with Crippen molar-refractivity contribution in [3.8, 4) is 0 Å². The average molecular weight is 958 g/mol. The summed E-state index contributed by atoms with van der Waals surface area (Å²) in [6, 6.07) is 0. The Morgan fingerprint density at radius 3 is 0.870 bits per heavy atom. The minimum absolute atomic E-state index is 0.107. The second-order valence-electron chi connectivity index (χ2n) is 18.5. The van der Waals surface area contributed by atoms with E-state index in [0.29, 0.717) is 12.8 Å². The highest BCUT2D eigenvalue weighted by Crippen LogP contribution is 2.13. The molecule has 0 rings (SSSR count). The maximum Gasteiger partial charge on any atom is 0.306 e. The van der Waals surface area contributed by atoms with Gasteiger partial charge >= 0.3 is 17.9 Å². The molecule has 0 saturated carbocycles. The van der Waals surface area contributed by atoms with E-state index < -0.39 is 6.10 Å². The molecule has 0 N–H and O–H groups in total. The SMILES string of the molecule is CCCCC/C=C\C/C=C\C/C=C\C/C=C\CCCCCC(=O)OC[C@@H](COC(=O)CCCCCCC/C=C\CCCCCC)OC(=O)CCCCC/C=C\C/C=C\C/C=C\C/C=C\CCCCC. The molecule has 392 valence electrons. The van der Waals surface area contributed by atoms with Crippen LogP contribution in [0.2, 0.25) is 0 Å². The van der Waals surface area contributed by atoms with Gasteiger partial charge in [0.25, 0.3) is 0 Å². The van der Waals surface area contributed by atoms with Gasteiger partial charge in [-0.05, 0) is 135 Å². The van der Waals surface area contributed by atoms with Crippen LogP contribution in [0, 0.1) is 0 Å². The van der Waals surface area contributed by atoms with Gasteiger partial charge in [-0.25, -0.2) is 0 Å². The van der Waals surface area contributed by atoms with Crippen molar-refractivity contribution in [2.75, 3.05) is 13.2 Å². The minimum Gasteiger partial charge on any atom is -0.462 e. The number of ether oxygens (including phenoxy) is 3. The van der Waals surface area contributed by atoms with E-state index in [9.17, 15) is 14.4 Å². The summed E-state index contributed by atoms with van der Waals surface area (Å²) in [6.07, 6.45) is 76.4. The van der Waals surface area contributed by atoms with Gasteiger partial charge in [-0.1, -0.05) is 207 Å². The van der Waals surface area contributed by atoms with Crippen LogP contribution in [0.15, 0.2) is 109 Å². The van der Waals surface area contributed by atoms with Crippen molar-refractivity contribution in [3.63, 3.8) is 0 Å². The third-order valence-corrected chi connectivity index (χ3v) is 11.7. The molecule has 69 heavy (non-hydrogen) atoms. The lowest BCUT2D eigenvalue weighted by molar-refractivity contribution is -0.167. The average Bonchev–Trinajstić information content (AvgIpc) is 3.35. The zero-order valence-corrected chi connectivity index (χ0v) is 44.8. The Morgan fingerprint density at radius 2 is 0.522 bits per heavy atom. The predicted octanol–water partition coefficient (Wildman–Crippen LogP) is 19.1. The lowest BCUT2D eigenvalue weighted by atomic mass is 10.1. The number of hydrogen-bond donors (Lipinski definition) is 0. The summed E-state index contributed by atoms with van der Waals surface area (Å²) < 4.78 is 16.8. The molecule has 0 heterocycles. The molecule has 0 aromatic carbocycles. The lowest BCUT2D eigenvalue weighted by Gasteiger charge is -2.18. The van der Waals surface area contributed by atoms with Crippen LogP contribution in [0.1, 0.15) is 252 Å². The number of carbonyl (C=O) groups excluding carboxylic acids is 3. The van der Waals surface area contributed by atoms with Crippen LogP contribution >= 0.6 is 0 Å². The molecule has 0 saturated heterocycles. The molecular weight excluding hydrogens is 853 g/mol. The summed E-state index contributed by atoms with van der Waals surface area (Å²) >= 11 is 0. The first-order valence-electron chi connectivity index (χ1n) is 28.4. The van der Waals surface area contributed by atoms with Crippen LogP contribution < -0.4 is 0 Å². The van der Waals surface area contributed by atoms with Gasteiger partial charge in [0.2, 0.25) is 0 Å². The van der Waals surface area contributed by atoms with Gasteiger partial charge in [0, 0.05) is 19.3 Å². The summed E-state index contributed by atoms with van der Waals surface area (Å²) in [5.74, 6) is -0.980. The summed E-state index contributed by atoms with van der Waals surface area (Å²) in [4.78, 5) is 38.1. The molecule has 6 nitrogen and oxygen atoms in total. The number of unbranched alkanes of at least 4 members (excludes halogenated alkanes) is 21. The van der Waals surface area contributed by atoms with Gasteiger partial charge in [0.05, 0.1) is 0 Å². The molecule has 0 fully saturated rings. The molecule has 0 aliphatic rings. The summed E-state index contributed by atoms with van der Waals surface area (Å²) in [7, 11) is 0. The third kappa shape index (κ3) is 54.9. The van der Waals surface area contributed by atoms with Crippen molar-refractivity contribution in [3.05, 3.63) is 109 Å². The molecule has 0 aromatic rings. The number of allylic oxidation sites excluding steroid dienone is 18. The van der Waals surface area contributed by atoms with Gasteiger partial charge < -0.3 is 14.2 Å². The number of hydrogen-bond acceptors (Lipinski definition) is 6. The maximum atomic E-state index is 12.8. The first-order chi connectivity index (χ1) is 34.0. The topological polar surface area (TPSA) is 78.9 Å². The summed E-state index contributed by atoms with van der Waals surface area (Å²) in [5, 5.41) is 0. The molecule has 0 spiro atoms. The van der Waals surface area contributed by atoms with Crippen LogP contribution in [-0.2, 0) is 28.6 Å². The van der Waals surface area contributed by atoms with E-state index in [-0.39, 0.29) is 37.5 Å². The number of esters is 3. The van der Waals surface area contributed by atoms with Crippen molar-refractivity contribution in [1.82, 2.24) is 0 Å². The Labute approximate surface area is 425 Å². The smallest absolute Gasteiger partial charge is 0.306 e. The number of carbonyl (C=O) groups is 3. The van der Waals surface area contributed by atoms with E-state index in [4.69, 9.17) is 14.2 Å². The van der Waals surface area contributed by atoms with E-state index in [1.165, 1.54) is 89.9 Å². The highest BCUT2D eigenvalue weighted by molar-refractivity contribution is 5.71.